The van der Waals surface area contributed by atoms with Crippen LogP contribution in [0.4, 0.5) is 0 Å². The van der Waals surface area contributed by atoms with Crippen LogP contribution in [0.1, 0.15) is 44.2 Å². The molecule has 0 amide bonds. The Morgan fingerprint density at radius 2 is 2.15 bits per heavy atom. The highest BCUT2D eigenvalue weighted by Gasteiger charge is 2.33. The molecule has 20 heavy (non-hydrogen) atoms. The van der Waals surface area contributed by atoms with E-state index < -0.39 is 0 Å². The van der Waals surface area contributed by atoms with Gasteiger partial charge in [-0.3, -0.25) is 4.79 Å². The van der Waals surface area contributed by atoms with E-state index in [2.05, 4.69) is 36.1 Å². The summed E-state index contributed by atoms with van der Waals surface area (Å²) in [5, 5.41) is 0. The number of carbonyl (C=O) groups is 1. The van der Waals surface area contributed by atoms with Crippen LogP contribution in [0.3, 0.4) is 0 Å². The lowest BCUT2D eigenvalue weighted by atomic mass is 9.89. The van der Waals surface area contributed by atoms with Gasteiger partial charge in [0.05, 0.1) is 0 Å². The molecule has 1 aromatic carbocycles. The zero-order valence-corrected chi connectivity index (χ0v) is 12.6. The molecule has 1 aliphatic heterocycles. The number of rotatable bonds is 3. The van der Waals surface area contributed by atoms with Gasteiger partial charge in [0.2, 0.25) is 0 Å². The predicted octanol–water partition coefficient (Wildman–Crippen LogP) is 3.49. The summed E-state index contributed by atoms with van der Waals surface area (Å²) < 4.78 is 0. The standard InChI is InChI=1S/C18H23NO/c1-12(14(3)20)10-19-9-8-16-13(2)15-6-4-5-7-17(15)18(16)11-19/h4-7,12,18H,8-11H2,1-3H3. The zero-order valence-electron chi connectivity index (χ0n) is 12.6. The highest BCUT2D eigenvalue weighted by atomic mass is 16.1. The molecule has 2 unspecified atom stereocenters. The molecule has 0 radical (unpaired) electrons. The van der Waals surface area contributed by atoms with E-state index in [1.54, 1.807) is 12.5 Å². The first-order valence-electron chi connectivity index (χ1n) is 7.59. The molecular formula is C18H23NO. The molecule has 0 N–H and O–H groups in total. The maximum absolute atomic E-state index is 11.5. The first-order valence-corrected chi connectivity index (χ1v) is 7.59. The third kappa shape index (κ3) is 2.22. The van der Waals surface area contributed by atoms with Crippen LogP contribution in [0.15, 0.2) is 29.8 Å². The van der Waals surface area contributed by atoms with Gasteiger partial charge in [-0.1, -0.05) is 36.8 Å². The number of fused-ring (bicyclic) bond motifs is 3. The minimum absolute atomic E-state index is 0.151. The summed E-state index contributed by atoms with van der Waals surface area (Å²) in [7, 11) is 0. The van der Waals surface area contributed by atoms with Crippen LogP contribution in [0.2, 0.25) is 0 Å². The average Bonchev–Trinajstić information content (AvgIpc) is 2.73. The molecule has 2 atom stereocenters. The van der Waals surface area contributed by atoms with E-state index >= 15 is 0 Å². The normalized spacial score (nSPS) is 23.4. The van der Waals surface area contributed by atoms with Gasteiger partial charge in [0.15, 0.2) is 0 Å². The number of hydrogen-bond donors (Lipinski definition) is 0. The Kier molecular flexibility index (Phi) is 3.51. The van der Waals surface area contributed by atoms with Crippen LogP contribution in [-0.2, 0) is 4.79 Å². The molecule has 1 fully saturated rings. The molecular weight excluding hydrogens is 246 g/mol. The van der Waals surface area contributed by atoms with Crippen molar-refractivity contribution in [1.29, 1.82) is 0 Å². The monoisotopic (exact) mass is 269 g/mol. The Hall–Kier alpha value is -1.41. The zero-order chi connectivity index (χ0) is 14.3. The summed E-state index contributed by atoms with van der Waals surface area (Å²) in [6, 6.07) is 8.80. The maximum atomic E-state index is 11.5. The Balaban J connectivity index is 1.80. The fraction of sp³-hybridized carbons (Fsp3) is 0.500. The lowest BCUT2D eigenvalue weighted by Gasteiger charge is -2.34. The van der Waals surface area contributed by atoms with Crippen molar-refractivity contribution >= 4 is 11.4 Å². The number of likely N-dealkylation sites (tertiary alicyclic amines) is 1. The third-order valence-corrected chi connectivity index (χ3v) is 5.01. The van der Waals surface area contributed by atoms with Crippen LogP contribution in [-0.4, -0.2) is 30.3 Å². The minimum Gasteiger partial charge on any atom is -0.301 e. The van der Waals surface area contributed by atoms with E-state index in [-0.39, 0.29) is 5.92 Å². The quantitative estimate of drug-likeness (QED) is 0.837. The van der Waals surface area contributed by atoms with Crippen molar-refractivity contribution in [1.82, 2.24) is 4.90 Å². The molecule has 0 aromatic heterocycles. The summed E-state index contributed by atoms with van der Waals surface area (Å²) in [4.78, 5) is 13.9. The van der Waals surface area contributed by atoms with Crippen molar-refractivity contribution in [3.8, 4) is 0 Å². The van der Waals surface area contributed by atoms with Gasteiger partial charge in [0.25, 0.3) is 0 Å². The molecule has 3 rings (SSSR count). The number of benzene rings is 1. The van der Waals surface area contributed by atoms with Crippen LogP contribution in [0, 0.1) is 5.92 Å². The third-order valence-electron chi connectivity index (χ3n) is 5.01. The van der Waals surface area contributed by atoms with Gasteiger partial charge in [-0.05, 0) is 37.0 Å². The second kappa shape index (κ2) is 5.17. The van der Waals surface area contributed by atoms with Gasteiger partial charge in [-0.25, -0.2) is 0 Å². The molecule has 1 aromatic rings. The first kappa shape index (κ1) is 13.6. The van der Waals surface area contributed by atoms with Crippen LogP contribution in [0.5, 0.6) is 0 Å². The summed E-state index contributed by atoms with van der Waals surface area (Å²) in [6.07, 6.45) is 1.15. The van der Waals surface area contributed by atoms with Crippen molar-refractivity contribution < 1.29 is 4.79 Å². The SMILES string of the molecule is CC(=O)C(C)CN1CCC2=C(C)c3ccccc3C2C1. The molecule has 106 valence electrons. The molecule has 0 bridgehead atoms. The largest absolute Gasteiger partial charge is 0.301 e. The number of piperidine rings is 1. The van der Waals surface area contributed by atoms with E-state index in [9.17, 15) is 4.79 Å². The molecule has 2 nitrogen and oxygen atoms in total. The maximum Gasteiger partial charge on any atom is 0.133 e. The van der Waals surface area contributed by atoms with E-state index in [1.807, 2.05) is 6.92 Å². The summed E-state index contributed by atoms with van der Waals surface area (Å²) in [5.74, 6) is 1.01. The fourth-order valence-electron chi connectivity index (χ4n) is 3.64. The Morgan fingerprint density at radius 1 is 1.40 bits per heavy atom. The summed E-state index contributed by atoms with van der Waals surface area (Å²) >= 11 is 0. The van der Waals surface area contributed by atoms with E-state index in [0.29, 0.717) is 11.7 Å². The lowest BCUT2D eigenvalue weighted by Crippen LogP contribution is -2.38. The molecule has 0 saturated carbocycles. The molecule has 2 aliphatic rings. The second-order valence-corrected chi connectivity index (χ2v) is 6.31. The second-order valence-electron chi connectivity index (χ2n) is 6.31. The topological polar surface area (TPSA) is 20.3 Å². The molecule has 2 heteroatoms. The highest BCUT2D eigenvalue weighted by molar-refractivity contribution is 5.78. The van der Waals surface area contributed by atoms with Gasteiger partial charge in [-0.2, -0.15) is 0 Å². The molecule has 1 aliphatic carbocycles. The smallest absolute Gasteiger partial charge is 0.133 e. The predicted molar refractivity (Wildman–Crippen MR) is 82.7 cm³/mol. The highest BCUT2D eigenvalue weighted by Crippen LogP contribution is 2.45. The van der Waals surface area contributed by atoms with Crippen LogP contribution in [0.25, 0.3) is 5.57 Å². The lowest BCUT2D eigenvalue weighted by molar-refractivity contribution is -0.120. The van der Waals surface area contributed by atoms with Crippen molar-refractivity contribution in [2.24, 2.45) is 5.92 Å². The first-order chi connectivity index (χ1) is 9.58. The molecule has 1 saturated heterocycles. The number of Topliss-reactive ketones (excluding diaryl/α,β-unsaturated/α-hetero) is 1. The summed E-state index contributed by atoms with van der Waals surface area (Å²) in [6.45, 7) is 9.08. The van der Waals surface area contributed by atoms with E-state index in [1.165, 1.54) is 16.7 Å². The Labute approximate surface area is 121 Å². The van der Waals surface area contributed by atoms with Crippen molar-refractivity contribution in [2.75, 3.05) is 19.6 Å². The number of carbonyl (C=O) groups excluding carboxylic acids is 1. The van der Waals surface area contributed by atoms with E-state index in [0.717, 1.165) is 26.1 Å². The number of ketones is 1. The molecule has 0 spiro atoms. The number of nitrogens with zero attached hydrogens (tertiary/aromatic N) is 1. The minimum atomic E-state index is 0.151. The van der Waals surface area contributed by atoms with Gasteiger partial charge >= 0.3 is 0 Å². The number of hydrogen-bond acceptors (Lipinski definition) is 2. The van der Waals surface area contributed by atoms with Crippen molar-refractivity contribution in [2.45, 2.75) is 33.1 Å². The van der Waals surface area contributed by atoms with Gasteiger partial charge in [-0.15, -0.1) is 0 Å². The van der Waals surface area contributed by atoms with Gasteiger partial charge in [0, 0.05) is 31.5 Å². The van der Waals surface area contributed by atoms with Crippen molar-refractivity contribution in [3.05, 3.63) is 41.0 Å². The Bertz CT molecular complexity index is 573. The van der Waals surface area contributed by atoms with Gasteiger partial charge in [0.1, 0.15) is 5.78 Å². The fourth-order valence-corrected chi connectivity index (χ4v) is 3.64. The van der Waals surface area contributed by atoms with Crippen LogP contribution < -0.4 is 0 Å². The average molecular weight is 269 g/mol. The van der Waals surface area contributed by atoms with Crippen LogP contribution >= 0.6 is 0 Å². The summed E-state index contributed by atoms with van der Waals surface area (Å²) in [5.41, 5.74) is 6.04. The van der Waals surface area contributed by atoms with Gasteiger partial charge < -0.3 is 4.90 Å². The Morgan fingerprint density at radius 3 is 2.90 bits per heavy atom. The van der Waals surface area contributed by atoms with Crippen molar-refractivity contribution in [3.63, 3.8) is 0 Å². The number of allylic oxidation sites excluding steroid dienone is 1. The van der Waals surface area contributed by atoms with E-state index in [4.69, 9.17) is 0 Å². The molecule has 1 heterocycles.